The summed E-state index contributed by atoms with van der Waals surface area (Å²) in [5.41, 5.74) is 1.04. The molecule has 0 bridgehead atoms. The monoisotopic (exact) mass is 295 g/mol. The minimum Gasteiger partial charge on any atom is -0.461 e. The molecule has 8 heteroatoms. The summed E-state index contributed by atoms with van der Waals surface area (Å²) in [6.45, 7) is 3.62. The molecule has 7 nitrogen and oxygen atoms in total. The Morgan fingerprint density at radius 2 is 2.40 bits per heavy atom. The van der Waals surface area contributed by atoms with Crippen LogP contribution in [0.1, 0.15) is 30.0 Å². The lowest BCUT2D eigenvalue weighted by Gasteiger charge is -1.98. The van der Waals surface area contributed by atoms with Crippen molar-refractivity contribution in [2.75, 3.05) is 6.61 Å². The van der Waals surface area contributed by atoms with Gasteiger partial charge in [0.2, 0.25) is 5.70 Å². The third-order valence-corrected chi connectivity index (χ3v) is 3.59. The summed E-state index contributed by atoms with van der Waals surface area (Å²) in [6.07, 6.45) is 3.20. The summed E-state index contributed by atoms with van der Waals surface area (Å²) >= 11 is 1.33. The Morgan fingerprint density at radius 1 is 1.65 bits per heavy atom. The summed E-state index contributed by atoms with van der Waals surface area (Å²) in [4.78, 5) is 26.8. The van der Waals surface area contributed by atoms with Crippen molar-refractivity contribution in [2.45, 2.75) is 20.3 Å². The first-order valence-corrected chi connectivity index (χ1v) is 6.87. The molecule has 0 saturated carbocycles. The topological polar surface area (TPSA) is 86.7 Å². The van der Waals surface area contributed by atoms with E-state index in [4.69, 9.17) is 4.74 Å². The Morgan fingerprint density at radius 3 is 3.00 bits per heavy atom. The van der Waals surface area contributed by atoms with Gasteiger partial charge < -0.3 is 4.74 Å². The standard InChI is InChI=1S/C12H13N3O4S/c1-3-8(15(17)18)5-9-7-20-12-13-10(6-14(9)12)11(16)19-4-2/h3,6-7H,4-5H2,1-2H3/b8-3+. The molecule has 0 unspecified atom stereocenters. The summed E-state index contributed by atoms with van der Waals surface area (Å²) in [5.74, 6) is -0.491. The molecule has 2 aromatic rings. The van der Waals surface area contributed by atoms with E-state index in [1.807, 2.05) is 0 Å². The molecule has 20 heavy (non-hydrogen) atoms. The van der Waals surface area contributed by atoms with E-state index in [0.717, 1.165) is 5.69 Å². The number of aromatic nitrogens is 2. The van der Waals surface area contributed by atoms with Crippen molar-refractivity contribution in [3.63, 3.8) is 0 Å². The number of hydrogen-bond donors (Lipinski definition) is 0. The third kappa shape index (κ3) is 2.69. The van der Waals surface area contributed by atoms with Gasteiger partial charge in [-0.15, -0.1) is 11.3 Å². The van der Waals surface area contributed by atoms with Crippen LogP contribution in [0.4, 0.5) is 0 Å². The number of nitro groups is 1. The van der Waals surface area contributed by atoms with Crippen LogP contribution < -0.4 is 0 Å². The minimum atomic E-state index is -0.491. The van der Waals surface area contributed by atoms with Gasteiger partial charge in [-0.3, -0.25) is 14.5 Å². The van der Waals surface area contributed by atoms with E-state index in [9.17, 15) is 14.9 Å². The van der Waals surface area contributed by atoms with E-state index >= 15 is 0 Å². The van der Waals surface area contributed by atoms with Gasteiger partial charge >= 0.3 is 5.97 Å². The number of esters is 1. The Bertz CT molecular complexity index is 686. The highest BCUT2D eigenvalue weighted by Crippen LogP contribution is 2.20. The highest BCUT2D eigenvalue weighted by molar-refractivity contribution is 7.15. The van der Waals surface area contributed by atoms with Crippen LogP contribution in [0, 0.1) is 10.1 Å². The molecule has 0 aliphatic heterocycles. The first-order chi connectivity index (χ1) is 9.56. The van der Waals surface area contributed by atoms with E-state index in [2.05, 4.69) is 4.98 Å². The molecule has 2 rings (SSSR count). The molecule has 0 N–H and O–H groups in total. The molecule has 0 fully saturated rings. The van der Waals surface area contributed by atoms with Crippen molar-refractivity contribution in [2.24, 2.45) is 0 Å². The SMILES string of the molecule is C/C=C(\Cc1csc2nc(C(=O)OCC)cn12)[N+](=O)[O-]. The van der Waals surface area contributed by atoms with Crippen molar-refractivity contribution >= 4 is 22.3 Å². The van der Waals surface area contributed by atoms with Crippen LogP contribution in [0.2, 0.25) is 0 Å². The predicted molar refractivity (Wildman–Crippen MR) is 73.5 cm³/mol. The fourth-order valence-corrected chi connectivity index (χ4v) is 2.59. The Kier molecular flexibility index (Phi) is 4.14. The maximum atomic E-state index is 11.6. The van der Waals surface area contributed by atoms with Gasteiger partial charge in [-0.1, -0.05) is 0 Å². The lowest BCUT2D eigenvalue weighted by molar-refractivity contribution is -0.427. The molecule has 0 radical (unpaired) electrons. The second-order valence-corrected chi connectivity index (χ2v) is 4.78. The maximum absolute atomic E-state index is 11.6. The molecule has 0 amide bonds. The number of carbonyl (C=O) groups excluding carboxylic acids is 1. The molecule has 2 aromatic heterocycles. The van der Waals surface area contributed by atoms with Gasteiger partial charge in [0.25, 0.3) is 0 Å². The van der Waals surface area contributed by atoms with E-state index in [0.29, 0.717) is 4.96 Å². The van der Waals surface area contributed by atoms with Crippen LogP contribution in [0.5, 0.6) is 0 Å². The fourth-order valence-electron chi connectivity index (χ4n) is 1.72. The van der Waals surface area contributed by atoms with E-state index in [1.54, 1.807) is 29.8 Å². The van der Waals surface area contributed by atoms with Crippen molar-refractivity contribution < 1.29 is 14.5 Å². The normalized spacial score (nSPS) is 11.8. The van der Waals surface area contributed by atoms with Crippen molar-refractivity contribution in [1.29, 1.82) is 0 Å². The molecule has 106 valence electrons. The number of rotatable bonds is 5. The van der Waals surface area contributed by atoms with Gasteiger partial charge in [0, 0.05) is 17.3 Å². The smallest absolute Gasteiger partial charge is 0.358 e. The fraction of sp³-hybridized carbons (Fsp3) is 0.333. The maximum Gasteiger partial charge on any atom is 0.358 e. The highest BCUT2D eigenvalue weighted by atomic mass is 32.1. The first kappa shape index (κ1) is 14.2. The summed E-state index contributed by atoms with van der Waals surface area (Å²) < 4.78 is 6.56. The van der Waals surface area contributed by atoms with Gasteiger partial charge in [0.15, 0.2) is 10.7 Å². The van der Waals surface area contributed by atoms with Crippen molar-refractivity contribution in [3.05, 3.63) is 44.9 Å². The molecule has 0 atom stereocenters. The quantitative estimate of drug-likeness (QED) is 0.480. The average Bonchev–Trinajstić information content (AvgIpc) is 2.96. The van der Waals surface area contributed by atoms with Gasteiger partial charge in [-0.25, -0.2) is 9.78 Å². The van der Waals surface area contributed by atoms with Crippen LogP contribution in [0.15, 0.2) is 23.3 Å². The second kappa shape index (κ2) is 5.83. The Labute approximate surface area is 118 Å². The molecule has 2 heterocycles. The summed E-state index contributed by atoms with van der Waals surface area (Å²) in [5, 5.41) is 12.6. The van der Waals surface area contributed by atoms with Crippen LogP contribution >= 0.6 is 11.3 Å². The van der Waals surface area contributed by atoms with Crippen molar-refractivity contribution in [1.82, 2.24) is 9.38 Å². The van der Waals surface area contributed by atoms with E-state index in [1.165, 1.54) is 17.4 Å². The molecule has 0 saturated heterocycles. The number of hydrogen-bond acceptors (Lipinski definition) is 6. The lowest BCUT2D eigenvalue weighted by atomic mass is 10.2. The van der Waals surface area contributed by atoms with E-state index < -0.39 is 10.9 Å². The van der Waals surface area contributed by atoms with E-state index in [-0.39, 0.29) is 24.4 Å². The lowest BCUT2D eigenvalue weighted by Crippen LogP contribution is -2.05. The predicted octanol–water partition coefficient (Wildman–Crippen LogP) is 2.30. The van der Waals surface area contributed by atoms with Crippen LogP contribution in [-0.4, -0.2) is 26.9 Å². The number of carbonyl (C=O) groups is 1. The third-order valence-electron chi connectivity index (χ3n) is 2.70. The number of imidazole rings is 1. The highest BCUT2D eigenvalue weighted by Gasteiger charge is 2.18. The molecular formula is C12H13N3O4S. The zero-order chi connectivity index (χ0) is 14.7. The number of allylic oxidation sites excluding steroid dienone is 2. The number of nitrogens with zero attached hydrogens (tertiary/aromatic N) is 3. The van der Waals surface area contributed by atoms with Crippen LogP contribution in [0.3, 0.4) is 0 Å². The molecule has 0 aliphatic carbocycles. The van der Waals surface area contributed by atoms with Gasteiger partial charge in [-0.2, -0.15) is 0 Å². The van der Waals surface area contributed by atoms with Crippen LogP contribution in [-0.2, 0) is 11.2 Å². The first-order valence-electron chi connectivity index (χ1n) is 5.99. The van der Waals surface area contributed by atoms with Gasteiger partial charge in [0.05, 0.1) is 18.0 Å². The molecule has 0 aliphatic rings. The molecule has 0 spiro atoms. The Hall–Kier alpha value is -2.22. The average molecular weight is 295 g/mol. The van der Waals surface area contributed by atoms with Gasteiger partial charge in [0.1, 0.15) is 0 Å². The van der Waals surface area contributed by atoms with Gasteiger partial charge in [-0.05, 0) is 19.9 Å². The number of fused-ring (bicyclic) bond motifs is 1. The molecular weight excluding hydrogens is 282 g/mol. The zero-order valence-electron chi connectivity index (χ0n) is 11.0. The molecule has 0 aromatic carbocycles. The largest absolute Gasteiger partial charge is 0.461 e. The Balaban J connectivity index is 2.32. The zero-order valence-corrected chi connectivity index (χ0v) is 11.8. The van der Waals surface area contributed by atoms with Crippen molar-refractivity contribution in [3.8, 4) is 0 Å². The number of thiazole rings is 1. The second-order valence-electron chi connectivity index (χ2n) is 3.94. The summed E-state index contributed by atoms with van der Waals surface area (Å²) in [7, 11) is 0. The van der Waals surface area contributed by atoms with Crippen LogP contribution in [0.25, 0.3) is 4.96 Å². The summed E-state index contributed by atoms with van der Waals surface area (Å²) in [6, 6.07) is 0. The number of ether oxygens (including phenoxy) is 1. The minimum absolute atomic E-state index is 0.107.